The molecular weight excluding hydrogens is 242 g/mol. The maximum absolute atomic E-state index is 11.9. The standard InChI is InChI=1S/C11H15NO4S/c1-11(2,3)17(15,16)7-8-5-4-6-9(12-8)10(13)14/h4-6H,7H2,1-3H3,(H,13,14). The maximum atomic E-state index is 11.9. The van der Waals surface area contributed by atoms with Gasteiger partial charge in [0.15, 0.2) is 9.84 Å². The first-order valence-corrected chi connectivity index (χ1v) is 6.70. The largest absolute Gasteiger partial charge is 0.477 e. The first kappa shape index (κ1) is 13.6. The van der Waals surface area contributed by atoms with E-state index in [-0.39, 0.29) is 17.1 Å². The molecule has 1 heterocycles. The third-order valence-electron chi connectivity index (χ3n) is 2.30. The van der Waals surface area contributed by atoms with Crippen LogP contribution in [0.4, 0.5) is 0 Å². The second-order valence-corrected chi connectivity index (χ2v) is 7.43. The summed E-state index contributed by atoms with van der Waals surface area (Å²) in [5.74, 6) is -1.42. The summed E-state index contributed by atoms with van der Waals surface area (Å²) in [5, 5.41) is 8.76. The topological polar surface area (TPSA) is 84.3 Å². The van der Waals surface area contributed by atoms with Gasteiger partial charge in [0.05, 0.1) is 16.2 Å². The SMILES string of the molecule is CC(C)(C)S(=O)(=O)Cc1cccc(C(=O)O)n1. The first-order chi connectivity index (χ1) is 7.63. The highest BCUT2D eigenvalue weighted by atomic mass is 32.2. The van der Waals surface area contributed by atoms with Crippen molar-refractivity contribution in [2.24, 2.45) is 0 Å². The Labute approximate surface area is 100 Å². The minimum Gasteiger partial charge on any atom is -0.477 e. The van der Waals surface area contributed by atoms with E-state index >= 15 is 0 Å². The number of carboxylic acids is 1. The van der Waals surface area contributed by atoms with Crippen LogP contribution >= 0.6 is 0 Å². The molecule has 1 aromatic heterocycles. The molecule has 1 aromatic rings. The van der Waals surface area contributed by atoms with E-state index in [0.717, 1.165) is 0 Å². The molecule has 0 aromatic carbocycles. The number of hydrogen-bond donors (Lipinski definition) is 1. The lowest BCUT2D eigenvalue weighted by molar-refractivity contribution is 0.0690. The molecule has 0 aliphatic rings. The molecule has 0 aliphatic heterocycles. The number of hydrogen-bond acceptors (Lipinski definition) is 4. The van der Waals surface area contributed by atoms with Crippen molar-refractivity contribution in [1.29, 1.82) is 0 Å². The highest BCUT2D eigenvalue weighted by Gasteiger charge is 2.29. The van der Waals surface area contributed by atoms with Crippen LogP contribution in [-0.4, -0.2) is 29.2 Å². The number of rotatable bonds is 3. The molecule has 0 atom stereocenters. The molecule has 0 unspecified atom stereocenters. The summed E-state index contributed by atoms with van der Waals surface area (Å²) in [4.78, 5) is 14.5. The lowest BCUT2D eigenvalue weighted by Gasteiger charge is -2.18. The van der Waals surface area contributed by atoms with Crippen molar-refractivity contribution in [1.82, 2.24) is 4.98 Å². The molecule has 0 amide bonds. The van der Waals surface area contributed by atoms with Gasteiger partial charge in [-0.15, -0.1) is 0 Å². The number of carbonyl (C=O) groups is 1. The van der Waals surface area contributed by atoms with Gasteiger partial charge in [0, 0.05) is 0 Å². The molecule has 0 saturated carbocycles. The van der Waals surface area contributed by atoms with Crippen LogP contribution in [0.1, 0.15) is 37.0 Å². The Kier molecular flexibility index (Phi) is 3.56. The van der Waals surface area contributed by atoms with E-state index in [0.29, 0.717) is 0 Å². The number of aromatic nitrogens is 1. The third kappa shape index (κ3) is 3.26. The zero-order chi connectivity index (χ0) is 13.3. The highest BCUT2D eigenvalue weighted by Crippen LogP contribution is 2.19. The molecular formula is C11H15NO4S. The number of pyridine rings is 1. The van der Waals surface area contributed by atoms with E-state index < -0.39 is 20.6 Å². The average molecular weight is 257 g/mol. The molecule has 0 spiro atoms. The Morgan fingerprint density at radius 1 is 1.35 bits per heavy atom. The van der Waals surface area contributed by atoms with Gasteiger partial charge in [-0.1, -0.05) is 6.07 Å². The first-order valence-electron chi connectivity index (χ1n) is 5.05. The fraction of sp³-hybridized carbons (Fsp3) is 0.455. The van der Waals surface area contributed by atoms with E-state index in [1.165, 1.54) is 18.2 Å². The molecule has 0 aliphatic carbocycles. The van der Waals surface area contributed by atoms with Gasteiger partial charge >= 0.3 is 5.97 Å². The van der Waals surface area contributed by atoms with Gasteiger partial charge < -0.3 is 5.11 Å². The second-order valence-electron chi connectivity index (χ2n) is 4.69. The van der Waals surface area contributed by atoms with Crippen molar-refractivity contribution in [2.75, 3.05) is 0 Å². The van der Waals surface area contributed by atoms with Gasteiger partial charge in [0.25, 0.3) is 0 Å². The van der Waals surface area contributed by atoms with Crippen LogP contribution in [-0.2, 0) is 15.6 Å². The van der Waals surface area contributed by atoms with Crippen molar-refractivity contribution < 1.29 is 18.3 Å². The number of carboxylic acid groups (broad SMARTS) is 1. The quantitative estimate of drug-likeness (QED) is 0.886. The van der Waals surface area contributed by atoms with Gasteiger partial charge in [0.2, 0.25) is 0 Å². The van der Waals surface area contributed by atoms with Crippen LogP contribution in [0.3, 0.4) is 0 Å². The highest BCUT2D eigenvalue weighted by molar-refractivity contribution is 7.91. The van der Waals surface area contributed by atoms with Crippen molar-refractivity contribution >= 4 is 15.8 Å². The molecule has 0 saturated heterocycles. The van der Waals surface area contributed by atoms with E-state index in [1.54, 1.807) is 20.8 Å². The van der Waals surface area contributed by atoms with Gasteiger partial charge in [-0.05, 0) is 32.9 Å². The summed E-state index contributed by atoms with van der Waals surface area (Å²) < 4.78 is 22.9. The van der Waals surface area contributed by atoms with Gasteiger partial charge in [0.1, 0.15) is 5.69 Å². The smallest absolute Gasteiger partial charge is 0.354 e. The summed E-state index contributed by atoms with van der Waals surface area (Å²) >= 11 is 0. The maximum Gasteiger partial charge on any atom is 0.354 e. The second kappa shape index (κ2) is 4.44. The monoisotopic (exact) mass is 257 g/mol. The van der Waals surface area contributed by atoms with Gasteiger partial charge in [-0.25, -0.2) is 18.2 Å². The fourth-order valence-electron chi connectivity index (χ4n) is 1.09. The molecule has 94 valence electrons. The molecule has 5 nitrogen and oxygen atoms in total. The minimum absolute atomic E-state index is 0.147. The summed E-state index contributed by atoms with van der Waals surface area (Å²) in [5.41, 5.74) is 0.103. The Morgan fingerprint density at radius 2 is 1.94 bits per heavy atom. The molecule has 17 heavy (non-hydrogen) atoms. The van der Waals surface area contributed by atoms with E-state index in [4.69, 9.17) is 5.11 Å². The summed E-state index contributed by atoms with van der Waals surface area (Å²) in [6.45, 7) is 4.80. The summed E-state index contributed by atoms with van der Waals surface area (Å²) in [6, 6.07) is 4.33. The zero-order valence-electron chi connectivity index (χ0n) is 9.97. The normalized spacial score (nSPS) is 12.4. The summed E-state index contributed by atoms with van der Waals surface area (Å²) in [6.07, 6.45) is 0. The number of aromatic carboxylic acids is 1. The Hall–Kier alpha value is -1.43. The van der Waals surface area contributed by atoms with Crippen molar-refractivity contribution in [3.05, 3.63) is 29.6 Å². The van der Waals surface area contributed by atoms with Crippen LogP contribution < -0.4 is 0 Å². The van der Waals surface area contributed by atoms with E-state index in [1.807, 2.05) is 0 Å². The van der Waals surface area contributed by atoms with Crippen LogP contribution in [0, 0.1) is 0 Å². The van der Waals surface area contributed by atoms with Crippen LogP contribution in [0.25, 0.3) is 0 Å². The molecule has 1 N–H and O–H groups in total. The minimum atomic E-state index is -3.35. The lowest BCUT2D eigenvalue weighted by atomic mass is 10.3. The Bertz CT molecular complexity index is 529. The molecule has 0 radical (unpaired) electrons. The zero-order valence-corrected chi connectivity index (χ0v) is 10.8. The Balaban J connectivity index is 3.05. The predicted molar refractivity (Wildman–Crippen MR) is 63.6 cm³/mol. The predicted octanol–water partition coefficient (Wildman–Crippen LogP) is 1.49. The lowest BCUT2D eigenvalue weighted by Crippen LogP contribution is -2.29. The van der Waals surface area contributed by atoms with Crippen LogP contribution in [0.5, 0.6) is 0 Å². The Morgan fingerprint density at radius 3 is 2.41 bits per heavy atom. The van der Waals surface area contributed by atoms with Crippen molar-refractivity contribution in [3.8, 4) is 0 Å². The number of nitrogens with zero attached hydrogens (tertiary/aromatic N) is 1. The van der Waals surface area contributed by atoms with E-state index in [9.17, 15) is 13.2 Å². The summed E-state index contributed by atoms with van der Waals surface area (Å²) in [7, 11) is -3.35. The van der Waals surface area contributed by atoms with Crippen molar-refractivity contribution in [3.63, 3.8) is 0 Å². The van der Waals surface area contributed by atoms with E-state index in [2.05, 4.69) is 4.98 Å². The molecule has 6 heteroatoms. The average Bonchev–Trinajstić information content (AvgIpc) is 2.15. The fourth-order valence-corrected chi connectivity index (χ4v) is 2.07. The van der Waals surface area contributed by atoms with Crippen LogP contribution in [0.2, 0.25) is 0 Å². The van der Waals surface area contributed by atoms with Gasteiger partial charge in [-0.3, -0.25) is 0 Å². The van der Waals surface area contributed by atoms with Crippen molar-refractivity contribution in [2.45, 2.75) is 31.3 Å². The number of sulfone groups is 1. The van der Waals surface area contributed by atoms with Gasteiger partial charge in [-0.2, -0.15) is 0 Å². The molecule has 1 rings (SSSR count). The van der Waals surface area contributed by atoms with Crippen LogP contribution in [0.15, 0.2) is 18.2 Å². The molecule has 0 bridgehead atoms. The third-order valence-corrected chi connectivity index (χ3v) is 4.84. The molecule has 0 fully saturated rings.